The van der Waals surface area contributed by atoms with Gasteiger partial charge in [-0.1, -0.05) is 23.7 Å². The maximum atomic E-state index is 13.0. The second kappa shape index (κ2) is 11.3. The molecule has 1 atom stereocenters. The Labute approximate surface area is 221 Å². The number of likely N-dealkylation sites (N-methyl/N-ethyl adjacent to an activating group) is 1. The second-order valence-electron chi connectivity index (χ2n) is 9.70. The largest absolute Gasteiger partial charge is 0.492 e. The van der Waals surface area contributed by atoms with Gasteiger partial charge in [0.2, 0.25) is 0 Å². The number of urea groups is 1. The van der Waals surface area contributed by atoms with Crippen LogP contribution in [0.2, 0.25) is 5.02 Å². The molecule has 2 aliphatic rings. The summed E-state index contributed by atoms with van der Waals surface area (Å²) in [5.74, 6) is 0.119. The van der Waals surface area contributed by atoms with Crippen LogP contribution in [0, 0.1) is 6.92 Å². The molecule has 2 aromatic carbocycles. The van der Waals surface area contributed by atoms with E-state index in [9.17, 15) is 19.2 Å². The lowest BCUT2D eigenvalue weighted by molar-refractivity contribution is -0.133. The first-order valence-corrected chi connectivity index (χ1v) is 12.6. The van der Waals surface area contributed by atoms with Crippen molar-refractivity contribution in [3.8, 4) is 5.75 Å². The average molecular weight is 527 g/mol. The molecule has 0 spiro atoms. The first kappa shape index (κ1) is 26.6. The highest BCUT2D eigenvalue weighted by molar-refractivity contribution is 6.32. The van der Waals surface area contributed by atoms with E-state index >= 15 is 0 Å². The summed E-state index contributed by atoms with van der Waals surface area (Å²) in [7, 11) is 3.92. The number of benzene rings is 2. The third kappa shape index (κ3) is 6.29. The van der Waals surface area contributed by atoms with E-state index in [-0.39, 0.29) is 30.4 Å². The molecular weight excluding hydrogens is 496 g/mol. The average Bonchev–Trinajstić information content (AvgIpc) is 3.16. The molecule has 1 aliphatic heterocycles. The number of Topliss-reactive ketones (excluding diaryl/α,β-unsaturated/α-hetero) is 2. The molecule has 1 aliphatic carbocycles. The van der Waals surface area contributed by atoms with Gasteiger partial charge in [0.05, 0.1) is 12.5 Å². The molecule has 10 heteroatoms. The van der Waals surface area contributed by atoms with E-state index in [0.29, 0.717) is 48.0 Å². The van der Waals surface area contributed by atoms with Gasteiger partial charge in [0, 0.05) is 54.0 Å². The zero-order valence-corrected chi connectivity index (χ0v) is 22.0. The molecule has 0 bridgehead atoms. The number of carbonyl (C=O) groups is 4. The molecular formula is C27H31ClN4O5. The van der Waals surface area contributed by atoms with Crippen molar-refractivity contribution >= 4 is 40.8 Å². The van der Waals surface area contributed by atoms with Crippen LogP contribution in [0.3, 0.4) is 0 Å². The Bertz CT molecular complexity index is 1250. The van der Waals surface area contributed by atoms with Gasteiger partial charge in [-0.05, 0) is 50.7 Å². The molecule has 0 aromatic heterocycles. The summed E-state index contributed by atoms with van der Waals surface area (Å²) >= 11 is 6.33. The van der Waals surface area contributed by atoms with Crippen molar-refractivity contribution in [2.45, 2.75) is 45.3 Å². The van der Waals surface area contributed by atoms with Crippen LogP contribution in [-0.4, -0.2) is 66.6 Å². The minimum Gasteiger partial charge on any atom is -0.492 e. The van der Waals surface area contributed by atoms with Crippen molar-refractivity contribution in [3.63, 3.8) is 0 Å². The SMILES string of the molecule is Cc1c(Cl)cc(NC(=O)NCc2ccc3c(c2)C(=O)N(C2CCC(=O)CC2=O)C3)cc1OCCN(C)C. The zero-order valence-electron chi connectivity index (χ0n) is 21.2. The number of anilines is 1. The lowest BCUT2D eigenvalue weighted by Gasteiger charge is -2.29. The highest BCUT2D eigenvalue weighted by atomic mass is 35.5. The van der Waals surface area contributed by atoms with Crippen molar-refractivity contribution in [2.75, 3.05) is 32.6 Å². The van der Waals surface area contributed by atoms with Crippen LogP contribution in [0.25, 0.3) is 0 Å². The minimum absolute atomic E-state index is 0.0713. The molecule has 1 fully saturated rings. The Morgan fingerprint density at radius 2 is 1.97 bits per heavy atom. The van der Waals surface area contributed by atoms with E-state index < -0.39 is 12.1 Å². The topological polar surface area (TPSA) is 108 Å². The highest BCUT2D eigenvalue weighted by Gasteiger charge is 2.38. The highest BCUT2D eigenvalue weighted by Crippen LogP contribution is 2.31. The van der Waals surface area contributed by atoms with Crippen LogP contribution in [0.4, 0.5) is 10.5 Å². The van der Waals surface area contributed by atoms with Gasteiger partial charge in [0.1, 0.15) is 18.1 Å². The molecule has 4 rings (SSSR count). The Morgan fingerprint density at radius 1 is 1.19 bits per heavy atom. The molecule has 2 aromatic rings. The molecule has 0 radical (unpaired) electrons. The molecule has 2 N–H and O–H groups in total. The number of ketones is 2. The number of amides is 3. The lowest BCUT2D eigenvalue weighted by Crippen LogP contribution is -2.44. The summed E-state index contributed by atoms with van der Waals surface area (Å²) in [6.07, 6.45) is 0.582. The van der Waals surface area contributed by atoms with Gasteiger partial charge in [-0.15, -0.1) is 0 Å². The monoisotopic (exact) mass is 526 g/mol. The summed E-state index contributed by atoms with van der Waals surface area (Å²) in [5.41, 5.74) is 3.41. The fourth-order valence-electron chi connectivity index (χ4n) is 4.49. The third-order valence-electron chi connectivity index (χ3n) is 6.63. The molecule has 9 nitrogen and oxygen atoms in total. The van der Waals surface area contributed by atoms with Crippen molar-refractivity contribution in [2.24, 2.45) is 0 Å². The summed E-state index contributed by atoms with van der Waals surface area (Å²) in [6.45, 7) is 3.64. The first-order valence-electron chi connectivity index (χ1n) is 12.2. The van der Waals surface area contributed by atoms with Gasteiger partial charge in [-0.3, -0.25) is 14.4 Å². The van der Waals surface area contributed by atoms with E-state index in [1.54, 1.807) is 23.1 Å². The van der Waals surface area contributed by atoms with Crippen LogP contribution >= 0.6 is 11.6 Å². The van der Waals surface area contributed by atoms with Gasteiger partial charge < -0.3 is 25.2 Å². The maximum Gasteiger partial charge on any atom is 0.319 e. The predicted molar refractivity (Wildman–Crippen MR) is 140 cm³/mol. The third-order valence-corrected chi connectivity index (χ3v) is 7.02. The molecule has 37 heavy (non-hydrogen) atoms. The lowest BCUT2D eigenvalue weighted by atomic mass is 9.92. The Balaban J connectivity index is 1.35. The standard InChI is InChI=1S/C27H31ClN4O5/c1-16-22(28)11-19(12-25(16)37-9-8-31(2)3)30-27(36)29-14-17-4-5-18-15-32(26(35)21(18)10-17)23-7-6-20(33)13-24(23)34/h4-5,10-12,23H,6-9,13-15H2,1-3H3,(H2,29,30,36). The van der Waals surface area contributed by atoms with Crippen molar-refractivity contribution in [3.05, 3.63) is 57.6 Å². The van der Waals surface area contributed by atoms with Gasteiger partial charge in [-0.2, -0.15) is 0 Å². The number of rotatable bonds is 8. The number of fused-ring (bicyclic) bond motifs is 1. The summed E-state index contributed by atoms with van der Waals surface area (Å²) in [4.78, 5) is 53.0. The number of carbonyl (C=O) groups excluding carboxylic acids is 4. The number of ether oxygens (including phenoxy) is 1. The fourth-order valence-corrected chi connectivity index (χ4v) is 4.70. The van der Waals surface area contributed by atoms with Crippen LogP contribution in [0.15, 0.2) is 30.3 Å². The zero-order chi connectivity index (χ0) is 26.7. The van der Waals surface area contributed by atoms with Gasteiger partial charge >= 0.3 is 6.03 Å². The Morgan fingerprint density at radius 3 is 2.70 bits per heavy atom. The van der Waals surface area contributed by atoms with Gasteiger partial charge in [0.15, 0.2) is 5.78 Å². The molecule has 1 unspecified atom stereocenters. The minimum atomic E-state index is -0.553. The Kier molecular flexibility index (Phi) is 8.14. The van der Waals surface area contributed by atoms with Crippen LogP contribution in [0.1, 0.15) is 46.3 Å². The fraction of sp³-hybridized carbons (Fsp3) is 0.407. The van der Waals surface area contributed by atoms with Gasteiger partial charge in [-0.25, -0.2) is 4.79 Å². The van der Waals surface area contributed by atoms with E-state index in [0.717, 1.165) is 23.2 Å². The number of hydrogen-bond donors (Lipinski definition) is 2. The van der Waals surface area contributed by atoms with E-state index in [2.05, 4.69) is 10.6 Å². The predicted octanol–water partition coefficient (Wildman–Crippen LogP) is 3.56. The second-order valence-corrected chi connectivity index (χ2v) is 10.1. The van der Waals surface area contributed by atoms with Gasteiger partial charge in [0.25, 0.3) is 5.91 Å². The Hall–Kier alpha value is -3.43. The van der Waals surface area contributed by atoms with Crippen LogP contribution in [-0.2, 0) is 22.7 Å². The van der Waals surface area contributed by atoms with Crippen molar-refractivity contribution in [1.82, 2.24) is 15.1 Å². The molecule has 3 amide bonds. The molecule has 1 heterocycles. The molecule has 196 valence electrons. The normalized spacial score (nSPS) is 17.3. The van der Waals surface area contributed by atoms with Crippen molar-refractivity contribution < 1.29 is 23.9 Å². The number of nitrogens with one attached hydrogen (secondary N) is 2. The summed E-state index contributed by atoms with van der Waals surface area (Å²) < 4.78 is 5.83. The number of hydrogen-bond acceptors (Lipinski definition) is 6. The van der Waals surface area contributed by atoms with Crippen LogP contribution < -0.4 is 15.4 Å². The smallest absolute Gasteiger partial charge is 0.319 e. The van der Waals surface area contributed by atoms with E-state index in [1.165, 1.54) is 0 Å². The quantitative estimate of drug-likeness (QED) is 0.509. The summed E-state index contributed by atoms with van der Waals surface area (Å²) in [6, 6.07) is 7.86. The molecule has 1 saturated carbocycles. The van der Waals surface area contributed by atoms with Crippen molar-refractivity contribution in [1.29, 1.82) is 0 Å². The molecule has 0 saturated heterocycles. The maximum absolute atomic E-state index is 13.0. The van der Waals surface area contributed by atoms with E-state index in [1.807, 2.05) is 38.1 Å². The van der Waals surface area contributed by atoms with E-state index in [4.69, 9.17) is 16.3 Å². The summed E-state index contributed by atoms with van der Waals surface area (Å²) in [5, 5.41) is 6.06. The number of halogens is 1. The number of nitrogens with zero attached hydrogens (tertiary/aromatic N) is 2. The van der Waals surface area contributed by atoms with Crippen LogP contribution in [0.5, 0.6) is 5.75 Å². The first-order chi connectivity index (χ1) is 17.6.